The van der Waals surface area contributed by atoms with Gasteiger partial charge < -0.3 is 4.74 Å². The summed E-state index contributed by atoms with van der Waals surface area (Å²) in [6, 6.07) is 6.54. The monoisotopic (exact) mass is 410 g/mol. The van der Waals surface area contributed by atoms with Crippen LogP contribution in [0.25, 0.3) is 0 Å². The molecule has 2 aliphatic carbocycles. The molecule has 0 heterocycles. The summed E-state index contributed by atoms with van der Waals surface area (Å²) in [5, 5.41) is 0. The van der Waals surface area contributed by atoms with Gasteiger partial charge in [0.05, 0.1) is 0 Å². The number of rotatable bonds is 7. The molecule has 0 bridgehead atoms. The summed E-state index contributed by atoms with van der Waals surface area (Å²) in [7, 11) is 0. The first-order chi connectivity index (χ1) is 13.8. The van der Waals surface area contributed by atoms with Crippen LogP contribution in [0.4, 0.5) is 13.2 Å². The summed E-state index contributed by atoms with van der Waals surface area (Å²) in [5.41, 5.74) is 1.16. The fraction of sp³-hybridized carbons (Fsp3) is 0.760. The highest BCUT2D eigenvalue weighted by atomic mass is 19.4. The molecule has 0 N–H and O–H groups in total. The Hall–Kier alpha value is -1.19. The molecule has 0 amide bonds. The van der Waals surface area contributed by atoms with E-state index in [4.69, 9.17) is 0 Å². The molecule has 0 radical (unpaired) electrons. The van der Waals surface area contributed by atoms with E-state index in [9.17, 15) is 13.2 Å². The maximum Gasteiger partial charge on any atom is 0.573 e. The van der Waals surface area contributed by atoms with Crippen LogP contribution >= 0.6 is 0 Å². The summed E-state index contributed by atoms with van der Waals surface area (Å²) in [6.45, 7) is 4.67. The van der Waals surface area contributed by atoms with Crippen LogP contribution in [0.15, 0.2) is 24.3 Å². The molecule has 164 valence electrons. The molecule has 0 saturated heterocycles. The van der Waals surface area contributed by atoms with E-state index in [-0.39, 0.29) is 5.75 Å². The van der Waals surface area contributed by atoms with Crippen molar-refractivity contribution in [1.29, 1.82) is 0 Å². The molecule has 3 rings (SSSR count). The first-order valence-corrected chi connectivity index (χ1v) is 11.7. The van der Waals surface area contributed by atoms with E-state index in [1.807, 2.05) is 12.1 Å². The van der Waals surface area contributed by atoms with E-state index in [2.05, 4.69) is 18.6 Å². The lowest BCUT2D eigenvalue weighted by Gasteiger charge is -2.38. The van der Waals surface area contributed by atoms with Crippen molar-refractivity contribution in [2.75, 3.05) is 0 Å². The SMILES string of the molecule is CCC(C)CCC1CCC(C2CCC(c3ccc(OC(F)(F)F)cc3)CC2)CC1. The third-order valence-electron chi connectivity index (χ3n) is 7.68. The van der Waals surface area contributed by atoms with Gasteiger partial charge in [0.25, 0.3) is 0 Å². The number of hydrogen-bond donors (Lipinski definition) is 0. The minimum absolute atomic E-state index is 0.125. The molecule has 1 unspecified atom stereocenters. The highest BCUT2D eigenvalue weighted by Gasteiger charge is 2.32. The molecule has 1 aromatic rings. The van der Waals surface area contributed by atoms with Gasteiger partial charge in [-0.2, -0.15) is 0 Å². The standard InChI is InChI=1S/C25H37F3O/c1-3-18(2)4-5-19-6-8-20(9-7-19)21-10-12-22(13-11-21)23-14-16-24(17-15-23)29-25(26,27)28/h14-22H,3-13H2,1-2H3. The summed E-state index contributed by atoms with van der Waals surface area (Å²) in [6.07, 6.45) is 10.0. The number of alkyl halides is 3. The lowest BCUT2D eigenvalue weighted by molar-refractivity contribution is -0.274. The van der Waals surface area contributed by atoms with Gasteiger partial charge in [-0.3, -0.25) is 0 Å². The van der Waals surface area contributed by atoms with Crippen LogP contribution in [-0.2, 0) is 0 Å². The van der Waals surface area contributed by atoms with E-state index in [1.54, 1.807) is 0 Å². The van der Waals surface area contributed by atoms with Crippen LogP contribution in [0, 0.1) is 23.7 Å². The zero-order valence-corrected chi connectivity index (χ0v) is 18.0. The third kappa shape index (κ3) is 6.93. The highest BCUT2D eigenvalue weighted by Crippen LogP contribution is 2.44. The van der Waals surface area contributed by atoms with Crippen LogP contribution in [0.3, 0.4) is 0 Å². The van der Waals surface area contributed by atoms with Crippen molar-refractivity contribution in [2.45, 2.75) is 96.8 Å². The Morgan fingerprint density at radius 2 is 1.45 bits per heavy atom. The molecule has 1 aromatic carbocycles. The third-order valence-corrected chi connectivity index (χ3v) is 7.68. The van der Waals surface area contributed by atoms with Crippen LogP contribution in [-0.4, -0.2) is 6.36 Å². The average molecular weight is 411 g/mol. The van der Waals surface area contributed by atoms with Crippen molar-refractivity contribution in [2.24, 2.45) is 23.7 Å². The summed E-state index contributed by atoms with van der Waals surface area (Å²) >= 11 is 0. The maximum atomic E-state index is 12.3. The Morgan fingerprint density at radius 1 is 0.897 bits per heavy atom. The van der Waals surface area contributed by atoms with E-state index >= 15 is 0 Å². The number of halogens is 3. The van der Waals surface area contributed by atoms with Gasteiger partial charge in [0.15, 0.2) is 0 Å². The molecular weight excluding hydrogens is 373 g/mol. The maximum absolute atomic E-state index is 12.3. The van der Waals surface area contributed by atoms with Gasteiger partial charge in [-0.05, 0) is 85.8 Å². The molecule has 1 atom stereocenters. The average Bonchev–Trinajstić information content (AvgIpc) is 2.72. The van der Waals surface area contributed by atoms with Gasteiger partial charge in [0, 0.05) is 0 Å². The van der Waals surface area contributed by atoms with Crippen LogP contribution in [0.1, 0.15) is 96.0 Å². The normalized spacial score (nSPS) is 29.4. The van der Waals surface area contributed by atoms with Gasteiger partial charge >= 0.3 is 6.36 Å². The van der Waals surface area contributed by atoms with Crippen LogP contribution < -0.4 is 4.74 Å². The molecule has 2 fully saturated rings. The van der Waals surface area contributed by atoms with Gasteiger partial charge in [-0.15, -0.1) is 13.2 Å². The molecule has 0 aromatic heterocycles. The molecule has 2 aliphatic rings. The first kappa shape index (κ1) is 22.5. The summed E-state index contributed by atoms with van der Waals surface area (Å²) in [4.78, 5) is 0. The Labute approximate surface area is 174 Å². The van der Waals surface area contributed by atoms with Crippen molar-refractivity contribution in [3.05, 3.63) is 29.8 Å². The predicted molar refractivity (Wildman–Crippen MR) is 112 cm³/mol. The van der Waals surface area contributed by atoms with Crippen LogP contribution in [0.2, 0.25) is 0 Å². The lowest BCUT2D eigenvalue weighted by atomic mass is 9.68. The van der Waals surface area contributed by atoms with Gasteiger partial charge in [-0.1, -0.05) is 58.1 Å². The van der Waals surface area contributed by atoms with Crippen molar-refractivity contribution in [3.63, 3.8) is 0 Å². The Balaban J connectivity index is 1.41. The second-order valence-corrected chi connectivity index (χ2v) is 9.60. The molecule has 0 aliphatic heterocycles. The smallest absolute Gasteiger partial charge is 0.406 e. The van der Waals surface area contributed by atoms with Crippen molar-refractivity contribution < 1.29 is 17.9 Å². The largest absolute Gasteiger partial charge is 0.573 e. The topological polar surface area (TPSA) is 9.23 Å². The lowest BCUT2D eigenvalue weighted by Crippen LogP contribution is -2.25. The van der Waals surface area contributed by atoms with E-state index in [1.165, 1.54) is 69.9 Å². The fourth-order valence-corrected chi connectivity index (χ4v) is 5.54. The Kier molecular flexibility index (Phi) is 7.92. The molecule has 29 heavy (non-hydrogen) atoms. The number of ether oxygens (including phenoxy) is 1. The van der Waals surface area contributed by atoms with Gasteiger partial charge in [0.1, 0.15) is 5.75 Å². The second kappa shape index (κ2) is 10.2. The molecule has 1 nitrogen and oxygen atoms in total. The van der Waals surface area contributed by atoms with Gasteiger partial charge in [0.2, 0.25) is 0 Å². The minimum atomic E-state index is -4.62. The number of hydrogen-bond acceptors (Lipinski definition) is 1. The second-order valence-electron chi connectivity index (χ2n) is 9.60. The quantitative estimate of drug-likeness (QED) is 0.438. The fourth-order valence-electron chi connectivity index (χ4n) is 5.54. The zero-order chi connectivity index (χ0) is 20.9. The van der Waals surface area contributed by atoms with Crippen LogP contribution in [0.5, 0.6) is 5.75 Å². The molecular formula is C25H37F3O. The first-order valence-electron chi connectivity index (χ1n) is 11.7. The van der Waals surface area contributed by atoms with E-state index < -0.39 is 6.36 Å². The zero-order valence-electron chi connectivity index (χ0n) is 18.0. The molecule has 2 saturated carbocycles. The molecule has 0 spiro atoms. The summed E-state index contributed by atoms with van der Waals surface area (Å²) < 4.78 is 40.9. The Morgan fingerprint density at radius 3 is 1.97 bits per heavy atom. The highest BCUT2D eigenvalue weighted by molar-refractivity contribution is 5.29. The van der Waals surface area contributed by atoms with E-state index in [0.29, 0.717) is 5.92 Å². The number of benzene rings is 1. The minimum Gasteiger partial charge on any atom is -0.406 e. The van der Waals surface area contributed by atoms with Crippen molar-refractivity contribution in [3.8, 4) is 5.75 Å². The summed E-state index contributed by atoms with van der Waals surface area (Å²) in [5.74, 6) is 3.94. The van der Waals surface area contributed by atoms with Crippen molar-refractivity contribution in [1.82, 2.24) is 0 Å². The molecule has 4 heteroatoms. The van der Waals surface area contributed by atoms with Gasteiger partial charge in [-0.25, -0.2) is 0 Å². The van der Waals surface area contributed by atoms with E-state index in [0.717, 1.165) is 42.1 Å². The Bertz CT molecular complexity index is 593. The van der Waals surface area contributed by atoms with Crippen molar-refractivity contribution >= 4 is 0 Å². The predicted octanol–water partition coefficient (Wildman–Crippen LogP) is 8.49.